The monoisotopic (exact) mass is 481 g/mol. The summed E-state index contributed by atoms with van der Waals surface area (Å²) in [6, 6.07) is 0. The zero-order chi connectivity index (χ0) is 17.4. The lowest BCUT2D eigenvalue weighted by Crippen LogP contribution is -2.51. The van der Waals surface area contributed by atoms with Crippen molar-refractivity contribution in [1.29, 1.82) is 0 Å². The molecule has 6 nitrogen and oxygen atoms in total. The van der Waals surface area contributed by atoms with Gasteiger partial charge in [0.2, 0.25) is 0 Å². The predicted molar refractivity (Wildman–Crippen MR) is 116 cm³/mol. The summed E-state index contributed by atoms with van der Waals surface area (Å²) in [6.07, 6.45) is 4.92. The summed E-state index contributed by atoms with van der Waals surface area (Å²) >= 11 is 1.76. The summed E-state index contributed by atoms with van der Waals surface area (Å²) in [6.45, 7) is 8.32. The molecule has 8 heteroatoms. The molecular formula is C17H32IN5OS. The Morgan fingerprint density at radius 1 is 1.36 bits per heavy atom. The molecule has 2 N–H and O–H groups in total. The van der Waals surface area contributed by atoms with Crippen molar-refractivity contribution in [2.75, 3.05) is 46.9 Å². The molecule has 0 saturated carbocycles. The van der Waals surface area contributed by atoms with Gasteiger partial charge in [0.15, 0.2) is 5.96 Å². The fourth-order valence-electron chi connectivity index (χ4n) is 2.87. The van der Waals surface area contributed by atoms with Crippen molar-refractivity contribution >= 4 is 41.3 Å². The summed E-state index contributed by atoms with van der Waals surface area (Å²) in [5.41, 5.74) is 0.104. The number of ether oxygens (including phenoxy) is 1. The van der Waals surface area contributed by atoms with Crippen LogP contribution in [-0.4, -0.2) is 68.3 Å². The van der Waals surface area contributed by atoms with Gasteiger partial charge in [-0.25, -0.2) is 4.98 Å². The van der Waals surface area contributed by atoms with Gasteiger partial charge in [0.1, 0.15) is 0 Å². The van der Waals surface area contributed by atoms with Crippen LogP contribution in [-0.2, 0) is 11.2 Å². The average molecular weight is 481 g/mol. The predicted octanol–water partition coefficient (Wildman–Crippen LogP) is 2.28. The second-order valence-electron chi connectivity index (χ2n) is 6.47. The third-order valence-corrected chi connectivity index (χ3v) is 5.52. The van der Waals surface area contributed by atoms with Gasteiger partial charge in [-0.1, -0.05) is 0 Å². The number of guanidine groups is 1. The van der Waals surface area contributed by atoms with Crippen molar-refractivity contribution < 1.29 is 4.74 Å². The Balaban J connectivity index is 0.00000312. The Morgan fingerprint density at radius 3 is 2.64 bits per heavy atom. The number of thiazole rings is 1. The molecule has 0 aliphatic carbocycles. The van der Waals surface area contributed by atoms with Crippen LogP contribution < -0.4 is 10.6 Å². The van der Waals surface area contributed by atoms with E-state index in [0.29, 0.717) is 0 Å². The highest BCUT2D eigenvalue weighted by atomic mass is 127. The van der Waals surface area contributed by atoms with Crippen molar-refractivity contribution in [2.24, 2.45) is 4.99 Å². The van der Waals surface area contributed by atoms with E-state index in [1.807, 2.05) is 6.20 Å². The first-order valence-electron chi connectivity index (χ1n) is 8.74. The third-order valence-electron chi connectivity index (χ3n) is 4.55. The summed E-state index contributed by atoms with van der Waals surface area (Å²) in [4.78, 5) is 12.8. The van der Waals surface area contributed by atoms with Crippen molar-refractivity contribution in [3.8, 4) is 0 Å². The van der Waals surface area contributed by atoms with Crippen molar-refractivity contribution in [1.82, 2.24) is 20.5 Å². The van der Waals surface area contributed by atoms with Gasteiger partial charge in [-0.3, -0.25) is 4.99 Å². The van der Waals surface area contributed by atoms with Crippen LogP contribution in [0.1, 0.15) is 29.7 Å². The van der Waals surface area contributed by atoms with Crippen LogP contribution in [0.2, 0.25) is 0 Å². The summed E-state index contributed by atoms with van der Waals surface area (Å²) in [5.74, 6) is 0.887. The average Bonchev–Trinajstić information content (AvgIpc) is 2.98. The van der Waals surface area contributed by atoms with Crippen LogP contribution in [0.4, 0.5) is 0 Å². The molecule has 144 valence electrons. The zero-order valence-corrected chi connectivity index (χ0v) is 18.9. The smallest absolute Gasteiger partial charge is 0.191 e. The first-order chi connectivity index (χ1) is 11.6. The van der Waals surface area contributed by atoms with Crippen LogP contribution in [0, 0.1) is 6.92 Å². The van der Waals surface area contributed by atoms with Gasteiger partial charge in [0, 0.05) is 49.3 Å². The molecule has 2 rings (SSSR count). The van der Waals surface area contributed by atoms with Gasteiger partial charge in [0.05, 0.1) is 11.6 Å². The quantitative estimate of drug-likeness (QED) is 0.356. The van der Waals surface area contributed by atoms with Gasteiger partial charge in [-0.15, -0.1) is 35.3 Å². The highest BCUT2D eigenvalue weighted by molar-refractivity contribution is 14.0. The molecule has 1 aliphatic heterocycles. The van der Waals surface area contributed by atoms with E-state index in [9.17, 15) is 0 Å². The van der Waals surface area contributed by atoms with E-state index in [4.69, 9.17) is 9.73 Å². The Kier molecular flexibility index (Phi) is 10.2. The Bertz CT molecular complexity index is 529. The number of hydrogen-bond acceptors (Lipinski definition) is 5. The van der Waals surface area contributed by atoms with Gasteiger partial charge in [0.25, 0.3) is 0 Å². The van der Waals surface area contributed by atoms with Gasteiger partial charge < -0.3 is 20.3 Å². The fourth-order valence-corrected chi connectivity index (χ4v) is 3.66. The molecule has 1 aromatic heterocycles. The lowest BCUT2D eigenvalue weighted by atomic mass is 9.89. The Labute approximate surface area is 172 Å². The number of likely N-dealkylation sites (N-methyl/N-ethyl adjacent to an activating group) is 1. The first kappa shape index (κ1) is 22.6. The zero-order valence-electron chi connectivity index (χ0n) is 15.8. The van der Waals surface area contributed by atoms with Crippen LogP contribution in [0.15, 0.2) is 11.2 Å². The van der Waals surface area contributed by atoms with Gasteiger partial charge in [-0.2, -0.15) is 0 Å². The number of aryl methyl sites for hydroxylation is 1. The van der Waals surface area contributed by atoms with E-state index < -0.39 is 0 Å². The SMILES string of the molecule is CCNC(=NCC1(N(C)C)CCOCC1)NCCc1ncc(C)s1.I. The van der Waals surface area contributed by atoms with Gasteiger partial charge >= 0.3 is 0 Å². The van der Waals surface area contributed by atoms with E-state index in [1.54, 1.807) is 11.3 Å². The molecule has 0 spiro atoms. The summed E-state index contributed by atoms with van der Waals surface area (Å²) in [7, 11) is 4.29. The maximum absolute atomic E-state index is 5.53. The van der Waals surface area contributed by atoms with Crippen molar-refractivity contribution in [3.63, 3.8) is 0 Å². The minimum Gasteiger partial charge on any atom is -0.381 e. The molecular weight excluding hydrogens is 449 g/mol. The molecule has 0 amide bonds. The third kappa shape index (κ3) is 6.99. The number of nitrogens with one attached hydrogen (secondary N) is 2. The molecule has 0 radical (unpaired) electrons. The second-order valence-corrected chi connectivity index (χ2v) is 7.79. The number of nitrogens with zero attached hydrogens (tertiary/aromatic N) is 3. The summed E-state index contributed by atoms with van der Waals surface area (Å²) < 4.78 is 5.53. The van der Waals surface area contributed by atoms with E-state index in [0.717, 1.165) is 58.1 Å². The Morgan fingerprint density at radius 2 is 2.08 bits per heavy atom. The summed E-state index contributed by atoms with van der Waals surface area (Å²) in [5, 5.41) is 7.94. The number of halogens is 1. The minimum atomic E-state index is 0. The molecule has 1 aliphatic rings. The van der Waals surface area contributed by atoms with Crippen LogP contribution in [0.3, 0.4) is 0 Å². The van der Waals surface area contributed by atoms with E-state index in [1.165, 1.54) is 9.88 Å². The van der Waals surface area contributed by atoms with Crippen molar-refractivity contribution in [2.45, 2.75) is 38.6 Å². The topological polar surface area (TPSA) is 61.8 Å². The molecule has 2 heterocycles. The second kappa shape index (κ2) is 11.3. The lowest BCUT2D eigenvalue weighted by molar-refractivity contribution is -0.00254. The maximum atomic E-state index is 5.53. The van der Waals surface area contributed by atoms with Crippen LogP contribution in [0.5, 0.6) is 0 Å². The lowest BCUT2D eigenvalue weighted by Gasteiger charge is -2.41. The molecule has 0 aromatic carbocycles. The highest BCUT2D eigenvalue weighted by Gasteiger charge is 2.34. The van der Waals surface area contributed by atoms with E-state index in [2.05, 4.69) is 48.5 Å². The molecule has 25 heavy (non-hydrogen) atoms. The maximum Gasteiger partial charge on any atom is 0.191 e. The molecule has 0 atom stereocenters. The number of hydrogen-bond donors (Lipinski definition) is 2. The minimum absolute atomic E-state index is 0. The van der Waals surface area contributed by atoms with Gasteiger partial charge in [-0.05, 0) is 40.8 Å². The largest absolute Gasteiger partial charge is 0.381 e. The highest BCUT2D eigenvalue weighted by Crippen LogP contribution is 2.26. The van der Waals surface area contributed by atoms with Crippen molar-refractivity contribution in [3.05, 3.63) is 16.1 Å². The normalized spacial score (nSPS) is 17.2. The number of rotatable bonds is 7. The first-order valence-corrected chi connectivity index (χ1v) is 9.56. The molecule has 1 saturated heterocycles. The number of aliphatic imine (C=N–C) groups is 1. The molecule has 1 aromatic rings. The van der Waals surface area contributed by atoms with E-state index in [-0.39, 0.29) is 29.5 Å². The molecule has 0 unspecified atom stereocenters. The standard InChI is InChI=1S/C17H31N5OS.HI/c1-5-18-16(19-9-6-15-20-12-14(2)24-15)21-13-17(22(3)4)7-10-23-11-8-17;/h12H,5-11,13H2,1-4H3,(H2,18,19,21);1H. The Hall–Kier alpha value is -0.450. The van der Waals surface area contributed by atoms with E-state index >= 15 is 0 Å². The number of aromatic nitrogens is 1. The van der Waals surface area contributed by atoms with Crippen LogP contribution in [0.25, 0.3) is 0 Å². The molecule has 1 fully saturated rings. The fraction of sp³-hybridized carbons (Fsp3) is 0.765. The van der Waals surface area contributed by atoms with Crippen LogP contribution >= 0.6 is 35.3 Å². The molecule has 0 bridgehead atoms.